The topological polar surface area (TPSA) is 9.23 Å². The van der Waals surface area contributed by atoms with Crippen LogP contribution in [-0.4, -0.2) is 6.61 Å². The molecule has 0 amide bonds. The van der Waals surface area contributed by atoms with Gasteiger partial charge in [0.1, 0.15) is 5.75 Å². The lowest BCUT2D eigenvalue weighted by atomic mass is 9.94. The molecule has 0 aliphatic carbocycles. The molecule has 0 saturated heterocycles. The van der Waals surface area contributed by atoms with Crippen LogP contribution in [0.15, 0.2) is 78.9 Å². The average molecular weight is 387 g/mol. The van der Waals surface area contributed by atoms with Crippen LogP contribution >= 0.6 is 0 Å². The van der Waals surface area contributed by atoms with E-state index in [9.17, 15) is 0 Å². The molecular weight excluding hydrogens is 352 g/mol. The van der Waals surface area contributed by atoms with Crippen molar-refractivity contribution in [2.75, 3.05) is 6.61 Å². The van der Waals surface area contributed by atoms with E-state index >= 15 is 0 Å². The Morgan fingerprint density at radius 2 is 1.24 bits per heavy atom. The Morgan fingerprint density at radius 3 is 1.97 bits per heavy atom. The van der Waals surface area contributed by atoms with Gasteiger partial charge < -0.3 is 4.74 Å². The van der Waals surface area contributed by atoms with Gasteiger partial charge in [0.15, 0.2) is 0 Å². The summed E-state index contributed by atoms with van der Waals surface area (Å²) in [6.07, 6.45) is 5.04. The van der Waals surface area contributed by atoms with Gasteiger partial charge in [-0.15, -0.1) is 0 Å². The van der Waals surface area contributed by atoms with E-state index in [4.69, 9.17) is 4.74 Å². The van der Waals surface area contributed by atoms with Crippen molar-refractivity contribution in [2.24, 2.45) is 11.8 Å². The number of hydrogen-bond acceptors (Lipinski definition) is 1. The Bertz CT molecular complexity index is 866. The van der Waals surface area contributed by atoms with Crippen molar-refractivity contribution in [1.82, 2.24) is 0 Å². The minimum atomic E-state index is 0.706. The molecule has 0 aliphatic rings. The second-order valence-corrected chi connectivity index (χ2v) is 8.47. The molecule has 0 aromatic heterocycles. The number of benzene rings is 3. The van der Waals surface area contributed by atoms with Crippen LogP contribution in [0, 0.1) is 11.8 Å². The summed E-state index contributed by atoms with van der Waals surface area (Å²) in [6, 6.07) is 27.6. The summed E-state index contributed by atoms with van der Waals surface area (Å²) in [6.45, 7) is 7.73. The Morgan fingerprint density at radius 1 is 0.621 bits per heavy atom. The zero-order valence-electron chi connectivity index (χ0n) is 18.1. The zero-order valence-corrected chi connectivity index (χ0v) is 18.1. The Balaban J connectivity index is 1.71. The van der Waals surface area contributed by atoms with E-state index in [0.29, 0.717) is 5.92 Å². The molecular formula is C28H34O. The van der Waals surface area contributed by atoms with Crippen LogP contribution in [0.5, 0.6) is 5.75 Å². The number of rotatable bonds is 10. The molecule has 3 rings (SSSR count). The number of ether oxygens (including phenoxy) is 1. The SMILES string of the molecule is CC(C)CCCC(C)CCOc1ccccc1-c1ccccc1-c1ccccc1. The van der Waals surface area contributed by atoms with Crippen molar-refractivity contribution < 1.29 is 4.74 Å². The van der Waals surface area contributed by atoms with Crippen molar-refractivity contribution in [3.63, 3.8) is 0 Å². The molecule has 1 nitrogen and oxygen atoms in total. The largest absolute Gasteiger partial charge is 0.493 e. The first kappa shape index (κ1) is 21.2. The lowest BCUT2D eigenvalue weighted by molar-refractivity contribution is 0.276. The second-order valence-electron chi connectivity index (χ2n) is 8.47. The summed E-state index contributed by atoms with van der Waals surface area (Å²) in [7, 11) is 0. The Hall–Kier alpha value is -2.54. The minimum Gasteiger partial charge on any atom is -0.493 e. The Labute approximate surface area is 176 Å². The zero-order chi connectivity index (χ0) is 20.5. The van der Waals surface area contributed by atoms with Crippen molar-refractivity contribution in [1.29, 1.82) is 0 Å². The van der Waals surface area contributed by atoms with Gasteiger partial charge in [-0.3, -0.25) is 0 Å². The maximum absolute atomic E-state index is 6.28. The van der Waals surface area contributed by atoms with Gasteiger partial charge in [-0.25, -0.2) is 0 Å². The summed E-state index contributed by atoms with van der Waals surface area (Å²) in [5.74, 6) is 2.48. The van der Waals surface area contributed by atoms with Gasteiger partial charge in [0.2, 0.25) is 0 Å². The van der Waals surface area contributed by atoms with E-state index < -0.39 is 0 Å². The number of hydrogen-bond donors (Lipinski definition) is 0. The summed E-state index contributed by atoms with van der Waals surface area (Å²) in [5, 5.41) is 0. The first-order valence-corrected chi connectivity index (χ1v) is 11.0. The third-order valence-electron chi connectivity index (χ3n) is 5.54. The average Bonchev–Trinajstić information content (AvgIpc) is 2.74. The van der Waals surface area contributed by atoms with Gasteiger partial charge >= 0.3 is 0 Å². The smallest absolute Gasteiger partial charge is 0.127 e. The third kappa shape index (κ3) is 6.22. The molecule has 152 valence electrons. The predicted octanol–water partition coefficient (Wildman–Crippen LogP) is 8.25. The van der Waals surface area contributed by atoms with Crippen molar-refractivity contribution in [3.05, 3.63) is 78.9 Å². The van der Waals surface area contributed by atoms with E-state index in [1.807, 2.05) is 0 Å². The first-order chi connectivity index (χ1) is 14.1. The summed E-state index contributed by atoms with van der Waals surface area (Å²) < 4.78 is 6.28. The van der Waals surface area contributed by atoms with Gasteiger partial charge in [-0.2, -0.15) is 0 Å². The second kappa shape index (κ2) is 10.9. The van der Waals surface area contributed by atoms with Gasteiger partial charge in [-0.05, 0) is 41.0 Å². The van der Waals surface area contributed by atoms with E-state index in [-0.39, 0.29) is 0 Å². The molecule has 0 aliphatic heterocycles. The highest BCUT2D eigenvalue weighted by Crippen LogP contribution is 2.37. The molecule has 0 fully saturated rings. The van der Waals surface area contributed by atoms with E-state index in [1.54, 1.807) is 0 Å². The van der Waals surface area contributed by atoms with Crippen LogP contribution in [0.1, 0.15) is 46.5 Å². The summed E-state index contributed by atoms with van der Waals surface area (Å²) >= 11 is 0. The number of para-hydroxylation sites is 1. The monoisotopic (exact) mass is 386 g/mol. The van der Waals surface area contributed by atoms with E-state index in [0.717, 1.165) is 24.7 Å². The molecule has 0 bridgehead atoms. The van der Waals surface area contributed by atoms with E-state index in [1.165, 1.54) is 41.5 Å². The van der Waals surface area contributed by atoms with Crippen LogP contribution < -0.4 is 4.74 Å². The molecule has 0 spiro atoms. The predicted molar refractivity (Wildman–Crippen MR) is 125 cm³/mol. The maximum atomic E-state index is 6.28. The molecule has 3 aromatic carbocycles. The standard InChI is InChI=1S/C28H34O/c1-22(2)12-11-13-23(3)20-21-29-28-19-10-9-18-27(28)26-17-8-7-16-25(26)24-14-5-4-6-15-24/h4-10,14-19,22-23H,11-13,20-21H2,1-3H3. The highest BCUT2D eigenvalue weighted by molar-refractivity contribution is 5.85. The van der Waals surface area contributed by atoms with Gasteiger partial charge in [0, 0.05) is 5.56 Å². The van der Waals surface area contributed by atoms with Crippen LogP contribution in [-0.2, 0) is 0 Å². The molecule has 1 atom stereocenters. The van der Waals surface area contributed by atoms with Crippen LogP contribution in [0.4, 0.5) is 0 Å². The Kier molecular flexibility index (Phi) is 7.93. The fourth-order valence-corrected chi connectivity index (χ4v) is 3.79. The van der Waals surface area contributed by atoms with Gasteiger partial charge in [0.25, 0.3) is 0 Å². The molecule has 1 heteroatoms. The van der Waals surface area contributed by atoms with Crippen LogP contribution in [0.2, 0.25) is 0 Å². The van der Waals surface area contributed by atoms with Gasteiger partial charge in [0.05, 0.1) is 6.61 Å². The molecule has 3 aromatic rings. The quantitative estimate of drug-likeness (QED) is 0.341. The normalized spacial score (nSPS) is 12.1. The fraction of sp³-hybridized carbons (Fsp3) is 0.357. The molecule has 1 unspecified atom stereocenters. The highest BCUT2D eigenvalue weighted by Gasteiger charge is 2.12. The van der Waals surface area contributed by atoms with Crippen molar-refractivity contribution >= 4 is 0 Å². The lowest BCUT2D eigenvalue weighted by Crippen LogP contribution is -2.05. The van der Waals surface area contributed by atoms with Crippen molar-refractivity contribution in [2.45, 2.75) is 46.5 Å². The van der Waals surface area contributed by atoms with Crippen molar-refractivity contribution in [3.8, 4) is 28.0 Å². The summed E-state index contributed by atoms with van der Waals surface area (Å²) in [5.41, 5.74) is 4.86. The molecule has 29 heavy (non-hydrogen) atoms. The lowest BCUT2D eigenvalue weighted by Gasteiger charge is -2.17. The first-order valence-electron chi connectivity index (χ1n) is 11.0. The van der Waals surface area contributed by atoms with E-state index in [2.05, 4.69) is 99.6 Å². The molecule has 0 N–H and O–H groups in total. The fourth-order valence-electron chi connectivity index (χ4n) is 3.79. The molecule has 0 saturated carbocycles. The minimum absolute atomic E-state index is 0.706. The van der Waals surface area contributed by atoms with Crippen LogP contribution in [0.25, 0.3) is 22.3 Å². The van der Waals surface area contributed by atoms with Crippen LogP contribution in [0.3, 0.4) is 0 Å². The highest BCUT2D eigenvalue weighted by atomic mass is 16.5. The molecule has 0 heterocycles. The summed E-state index contributed by atoms with van der Waals surface area (Å²) in [4.78, 5) is 0. The third-order valence-corrected chi connectivity index (χ3v) is 5.54. The van der Waals surface area contributed by atoms with Gasteiger partial charge in [-0.1, -0.05) is 113 Å². The molecule has 0 radical (unpaired) electrons. The maximum Gasteiger partial charge on any atom is 0.127 e.